The van der Waals surface area contributed by atoms with E-state index >= 15 is 0 Å². The van der Waals surface area contributed by atoms with Gasteiger partial charge in [-0.15, -0.1) is 0 Å². The van der Waals surface area contributed by atoms with Gasteiger partial charge in [0.05, 0.1) is 6.54 Å². The predicted octanol–water partition coefficient (Wildman–Crippen LogP) is 0.256. The summed E-state index contributed by atoms with van der Waals surface area (Å²) < 4.78 is 5.10. The van der Waals surface area contributed by atoms with Gasteiger partial charge >= 0.3 is 0 Å². The molecule has 1 unspecified atom stereocenters. The molecular weight excluding hydrogens is 270 g/mol. The fourth-order valence-electron chi connectivity index (χ4n) is 2.42. The fourth-order valence-corrected chi connectivity index (χ4v) is 2.65. The zero-order chi connectivity index (χ0) is 14.2. The second-order valence-electron chi connectivity index (χ2n) is 5.16. The van der Waals surface area contributed by atoms with E-state index in [-0.39, 0.29) is 0 Å². The van der Waals surface area contributed by atoms with Gasteiger partial charge in [0.1, 0.15) is 0 Å². The van der Waals surface area contributed by atoms with E-state index in [1.54, 1.807) is 7.11 Å². The SMILES string of the molecule is COCCCN1C[NH+](CCc2ccccc2)CNC1=S. The van der Waals surface area contributed by atoms with Crippen LogP contribution in [0.15, 0.2) is 30.3 Å². The number of methoxy groups -OCH3 is 1. The standard InChI is InChI=1S/C15H23N3OS/c1-19-11-5-9-18-13-17(12-16-15(18)20)10-8-14-6-3-2-4-7-14/h2-4,6-7H,5,8-13H2,1H3,(H,16,20)/p+1. The molecule has 5 heteroatoms. The van der Waals surface area contributed by atoms with E-state index in [1.807, 2.05) is 0 Å². The number of hydrogen-bond acceptors (Lipinski definition) is 2. The van der Waals surface area contributed by atoms with E-state index in [4.69, 9.17) is 17.0 Å². The molecule has 1 atom stereocenters. The molecule has 20 heavy (non-hydrogen) atoms. The van der Waals surface area contributed by atoms with Crippen molar-refractivity contribution in [3.63, 3.8) is 0 Å². The van der Waals surface area contributed by atoms with E-state index < -0.39 is 0 Å². The van der Waals surface area contributed by atoms with E-state index in [0.717, 1.165) is 51.0 Å². The lowest BCUT2D eigenvalue weighted by Gasteiger charge is -2.35. The van der Waals surface area contributed by atoms with Crippen molar-refractivity contribution in [2.75, 3.05) is 40.1 Å². The van der Waals surface area contributed by atoms with Crippen LogP contribution in [0, 0.1) is 0 Å². The maximum absolute atomic E-state index is 5.37. The van der Waals surface area contributed by atoms with Gasteiger partial charge in [-0.3, -0.25) is 0 Å². The van der Waals surface area contributed by atoms with Crippen LogP contribution in [-0.4, -0.2) is 50.2 Å². The van der Waals surface area contributed by atoms with Crippen LogP contribution in [0.25, 0.3) is 0 Å². The molecule has 1 aliphatic rings. The second-order valence-corrected chi connectivity index (χ2v) is 5.55. The average Bonchev–Trinajstić information content (AvgIpc) is 2.49. The van der Waals surface area contributed by atoms with Crippen molar-refractivity contribution in [1.29, 1.82) is 0 Å². The summed E-state index contributed by atoms with van der Waals surface area (Å²) in [5.41, 5.74) is 1.40. The number of quaternary nitrogens is 1. The highest BCUT2D eigenvalue weighted by Crippen LogP contribution is 1.98. The first-order chi connectivity index (χ1) is 9.79. The first-order valence-electron chi connectivity index (χ1n) is 7.19. The number of nitrogens with one attached hydrogen (secondary N) is 2. The van der Waals surface area contributed by atoms with Crippen LogP contribution in [-0.2, 0) is 11.2 Å². The molecule has 110 valence electrons. The summed E-state index contributed by atoms with van der Waals surface area (Å²) >= 11 is 5.37. The second kappa shape index (κ2) is 8.19. The van der Waals surface area contributed by atoms with Crippen LogP contribution >= 0.6 is 12.2 Å². The molecule has 2 rings (SSSR count). The highest BCUT2D eigenvalue weighted by Gasteiger charge is 2.22. The molecule has 0 aromatic heterocycles. The Morgan fingerprint density at radius 3 is 2.90 bits per heavy atom. The van der Waals surface area contributed by atoms with Gasteiger partial charge in [0, 0.05) is 26.7 Å². The van der Waals surface area contributed by atoms with Gasteiger partial charge in [-0.05, 0) is 24.2 Å². The van der Waals surface area contributed by atoms with Crippen LogP contribution in [0.4, 0.5) is 0 Å². The summed E-state index contributed by atoms with van der Waals surface area (Å²) in [4.78, 5) is 3.78. The molecule has 0 bridgehead atoms. The monoisotopic (exact) mass is 294 g/mol. The van der Waals surface area contributed by atoms with Crippen molar-refractivity contribution < 1.29 is 9.64 Å². The van der Waals surface area contributed by atoms with Crippen LogP contribution in [0.1, 0.15) is 12.0 Å². The summed E-state index contributed by atoms with van der Waals surface area (Å²) in [5, 5.41) is 4.20. The normalized spacial score (nSPS) is 18.9. The van der Waals surface area contributed by atoms with Gasteiger partial charge in [-0.1, -0.05) is 30.3 Å². The third-order valence-corrected chi connectivity index (χ3v) is 3.98. The summed E-state index contributed by atoms with van der Waals surface area (Å²) in [6.07, 6.45) is 2.13. The molecular formula is C15H24N3OS+. The van der Waals surface area contributed by atoms with Gasteiger partial charge in [0.15, 0.2) is 18.4 Å². The molecule has 0 spiro atoms. The highest BCUT2D eigenvalue weighted by atomic mass is 32.1. The lowest BCUT2D eigenvalue weighted by Crippen LogP contribution is -3.17. The topological polar surface area (TPSA) is 28.9 Å². The third kappa shape index (κ3) is 4.74. The Morgan fingerprint density at radius 2 is 2.15 bits per heavy atom. The summed E-state index contributed by atoms with van der Waals surface area (Å²) in [5.74, 6) is 0. The Morgan fingerprint density at radius 1 is 1.35 bits per heavy atom. The molecule has 0 aliphatic carbocycles. The van der Waals surface area contributed by atoms with Crippen molar-refractivity contribution in [1.82, 2.24) is 10.2 Å². The first-order valence-corrected chi connectivity index (χ1v) is 7.59. The van der Waals surface area contributed by atoms with Crippen LogP contribution in [0.5, 0.6) is 0 Å². The minimum atomic E-state index is 0.790. The van der Waals surface area contributed by atoms with E-state index in [9.17, 15) is 0 Å². The van der Waals surface area contributed by atoms with Crippen LogP contribution in [0.2, 0.25) is 0 Å². The minimum absolute atomic E-state index is 0.790. The molecule has 2 N–H and O–H groups in total. The first kappa shape index (κ1) is 15.2. The Labute approximate surface area is 126 Å². The Hall–Kier alpha value is -1.17. The lowest BCUT2D eigenvalue weighted by atomic mass is 10.1. The minimum Gasteiger partial charge on any atom is -0.385 e. The molecule has 1 saturated heterocycles. The quantitative estimate of drug-likeness (QED) is 0.557. The van der Waals surface area contributed by atoms with Gasteiger partial charge in [0.25, 0.3) is 0 Å². The smallest absolute Gasteiger partial charge is 0.177 e. The van der Waals surface area contributed by atoms with Crippen molar-refractivity contribution in [3.05, 3.63) is 35.9 Å². The molecule has 1 fully saturated rings. The summed E-state index contributed by atoms with van der Waals surface area (Å²) in [6.45, 7) is 4.79. The Bertz CT molecular complexity index is 413. The highest BCUT2D eigenvalue weighted by molar-refractivity contribution is 7.80. The number of rotatable bonds is 7. The Balaban J connectivity index is 1.76. The van der Waals surface area contributed by atoms with Crippen LogP contribution < -0.4 is 10.2 Å². The number of hydrogen-bond donors (Lipinski definition) is 2. The summed E-state index contributed by atoms with van der Waals surface area (Å²) in [7, 11) is 1.74. The summed E-state index contributed by atoms with van der Waals surface area (Å²) in [6, 6.07) is 10.7. The number of ether oxygens (including phenoxy) is 1. The van der Waals surface area contributed by atoms with Crippen LogP contribution in [0.3, 0.4) is 0 Å². The molecule has 1 aromatic carbocycles. The molecule has 0 radical (unpaired) electrons. The van der Waals surface area contributed by atoms with Crippen molar-refractivity contribution in [2.24, 2.45) is 0 Å². The Kier molecular flexibility index (Phi) is 6.24. The van der Waals surface area contributed by atoms with E-state index in [2.05, 4.69) is 40.5 Å². The van der Waals surface area contributed by atoms with Gasteiger partial charge in [0.2, 0.25) is 0 Å². The zero-order valence-electron chi connectivity index (χ0n) is 12.1. The van der Waals surface area contributed by atoms with Gasteiger partial charge < -0.3 is 19.9 Å². The average molecular weight is 294 g/mol. The predicted molar refractivity (Wildman–Crippen MR) is 84.6 cm³/mol. The number of benzene rings is 1. The van der Waals surface area contributed by atoms with Crippen molar-refractivity contribution in [3.8, 4) is 0 Å². The molecule has 1 aromatic rings. The molecule has 1 aliphatic heterocycles. The maximum Gasteiger partial charge on any atom is 0.177 e. The van der Waals surface area contributed by atoms with Crippen molar-refractivity contribution >= 4 is 17.3 Å². The van der Waals surface area contributed by atoms with E-state index in [0.29, 0.717) is 0 Å². The maximum atomic E-state index is 5.37. The third-order valence-electron chi connectivity index (χ3n) is 3.58. The number of thiocarbonyl (C=S) groups is 1. The van der Waals surface area contributed by atoms with Crippen molar-refractivity contribution in [2.45, 2.75) is 12.8 Å². The zero-order valence-corrected chi connectivity index (χ0v) is 12.9. The largest absolute Gasteiger partial charge is 0.385 e. The molecule has 4 nitrogen and oxygen atoms in total. The molecule has 0 saturated carbocycles. The van der Waals surface area contributed by atoms with Gasteiger partial charge in [-0.2, -0.15) is 0 Å². The number of nitrogens with zero attached hydrogens (tertiary/aromatic N) is 1. The lowest BCUT2D eigenvalue weighted by molar-refractivity contribution is -0.913. The van der Waals surface area contributed by atoms with E-state index in [1.165, 1.54) is 10.5 Å². The van der Waals surface area contributed by atoms with Gasteiger partial charge in [-0.25, -0.2) is 0 Å². The molecule has 0 amide bonds. The fraction of sp³-hybridized carbons (Fsp3) is 0.533. The molecule has 1 heterocycles.